The van der Waals surface area contributed by atoms with Crippen LogP contribution in [0.15, 0.2) is 18.2 Å². The van der Waals surface area contributed by atoms with Crippen molar-refractivity contribution in [3.05, 3.63) is 29.6 Å². The highest BCUT2D eigenvalue weighted by molar-refractivity contribution is 6.02. The SMILES string of the molecule is CC(=O)NC(C)C(=O)Nc1cc(F)ccc1C(=O)O. The molecular formula is C12H13FN2O4. The van der Waals surface area contributed by atoms with Gasteiger partial charge in [0.1, 0.15) is 11.9 Å². The molecule has 19 heavy (non-hydrogen) atoms. The summed E-state index contributed by atoms with van der Waals surface area (Å²) in [4.78, 5) is 33.4. The molecule has 0 bridgehead atoms. The van der Waals surface area contributed by atoms with Crippen molar-refractivity contribution in [2.24, 2.45) is 0 Å². The summed E-state index contributed by atoms with van der Waals surface area (Å²) in [5.74, 6) is -3.00. The Morgan fingerprint density at radius 3 is 2.47 bits per heavy atom. The van der Waals surface area contributed by atoms with Gasteiger partial charge in [0.05, 0.1) is 11.3 Å². The van der Waals surface area contributed by atoms with E-state index in [2.05, 4.69) is 10.6 Å². The quantitative estimate of drug-likeness (QED) is 0.758. The number of aromatic carboxylic acids is 1. The molecule has 0 saturated carbocycles. The van der Waals surface area contributed by atoms with Crippen LogP contribution in [0.5, 0.6) is 0 Å². The molecule has 0 radical (unpaired) electrons. The van der Waals surface area contributed by atoms with Gasteiger partial charge in [0, 0.05) is 6.92 Å². The first-order valence-corrected chi connectivity index (χ1v) is 5.42. The fraction of sp³-hybridized carbons (Fsp3) is 0.250. The van der Waals surface area contributed by atoms with E-state index in [0.717, 1.165) is 18.2 Å². The van der Waals surface area contributed by atoms with Gasteiger partial charge in [0.2, 0.25) is 11.8 Å². The summed E-state index contributed by atoms with van der Waals surface area (Å²) in [6.07, 6.45) is 0. The number of anilines is 1. The first kappa shape index (κ1) is 14.6. The number of rotatable bonds is 4. The Kier molecular flexibility index (Phi) is 4.57. The summed E-state index contributed by atoms with van der Waals surface area (Å²) in [6.45, 7) is 2.67. The molecule has 7 heteroatoms. The lowest BCUT2D eigenvalue weighted by molar-refractivity contribution is -0.124. The van der Waals surface area contributed by atoms with Crippen LogP contribution >= 0.6 is 0 Å². The van der Waals surface area contributed by atoms with Gasteiger partial charge in [0.25, 0.3) is 0 Å². The summed E-state index contributed by atoms with van der Waals surface area (Å²) in [7, 11) is 0. The summed E-state index contributed by atoms with van der Waals surface area (Å²) in [5, 5.41) is 13.5. The van der Waals surface area contributed by atoms with Crippen LogP contribution in [0.3, 0.4) is 0 Å². The minimum atomic E-state index is -1.29. The third-order valence-electron chi connectivity index (χ3n) is 2.28. The van der Waals surface area contributed by atoms with Crippen molar-refractivity contribution < 1.29 is 23.9 Å². The molecule has 1 aromatic carbocycles. The van der Waals surface area contributed by atoms with Crippen molar-refractivity contribution in [1.29, 1.82) is 0 Å². The van der Waals surface area contributed by atoms with Gasteiger partial charge in [-0.3, -0.25) is 9.59 Å². The summed E-state index contributed by atoms with van der Waals surface area (Å²) in [6, 6.07) is 2.08. The number of amides is 2. The van der Waals surface area contributed by atoms with Gasteiger partial charge in [0.15, 0.2) is 0 Å². The topological polar surface area (TPSA) is 95.5 Å². The number of carboxylic acids is 1. The van der Waals surface area contributed by atoms with E-state index in [4.69, 9.17) is 5.11 Å². The maximum absolute atomic E-state index is 13.1. The molecule has 1 atom stereocenters. The molecule has 0 fully saturated rings. The van der Waals surface area contributed by atoms with Gasteiger partial charge in [-0.05, 0) is 25.1 Å². The third kappa shape index (κ3) is 4.06. The Hall–Kier alpha value is -2.44. The van der Waals surface area contributed by atoms with Crippen molar-refractivity contribution >= 4 is 23.5 Å². The molecule has 0 aromatic heterocycles. The minimum Gasteiger partial charge on any atom is -0.478 e. The molecule has 0 saturated heterocycles. The van der Waals surface area contributed by atoms with Crippen LogP contribution in [0.4, 0.5) is 10.1 Å². The van der Waals surface area contributed by atoms with Crippen molar-refractivity contribution in [2.75, 3.05) is 5.32 Å². The van der Waals surface area contributed by atoms with Crippen LogP contribution in [-0.4, -0.2) is 28.9 Å². The lowest BCUT2D eigenvalue weighted by Gasteiger charge is -2.14. The van der Waals surface area contributed by atoms with Gasteiger partial charge in [-0.2, -0.15) is 0 Å². The molecule has 1 aromatic rings. The van der Waals surface area contributed by atoms with Gasteiger partial charge in [-0.25, -0.2) is 9.18 Å². The van der Waals surface area contributed by atoms with Crippen LogP contribution < -0.4 is 10.6 Å². The summed E-state index contributed by atoms with van der Waals surface area (Å²) >= 11 is 0. The van der Waals surface area contributed by atoms with Crippen LogP contribution in [0.25, 0.3) is 0 Å². The maximum atomic E-state index is 13.1. The molecule has 0 spiro atoms. The molecule has 6 nitrogen and oxygen atoms in total. The van der Waals surface area contributed by atoms with E-state index in [9.17, 15) is 18.8 Å². The Balaban J connectivity index is 2.92. The fourth-order valence-corrected chi connectivity index (χ4v) is 1.42. The highest BCUT2D eigenvalue weighted by Crippen LogP contribution is 2.17. The summed E-state index contributed by atoms with van der Waals surface area (Å²) in [5.41, 5.74) is -0.389. The lowest BCUT2D eigenvalue weighted by Crippen LogP contribution is -2.40. The maximum Gasteiger partial charge on any atom is 0.337 e. The Bertz CT molecular complexity index is 530. The number of carbonyl (C=O) groups is 3. The normalized spacial score (nSPS) is 11.5. The molecule has 0 heterocycles. The molecule has 2 amide bonds. The second kappa shape index (κ2) is 5.94. The summed E-state index contributed by atoms with van der Waals surface area (Å²) < 4.78 is 13.1. The number of nitrogens with one attached hydrogen (secondary N) is 2. The zero-order valence-corrected chi connectivity index (χ0v) is 10.4. The average Bonchev–Trinajstić information content (AvgIpc) is 2.27. The smallest absolute Gasteiger partial charge is 0.337 e. The predicted octanol–water partition coefficient (Wildman–Crippen LogP) is 0.987. The van der Waals surface area contributed by atoms with Gasteiger partial charge in [-0.15, -0.1) is 0 Å². The highest BCUT2D eigenvalue weighted by atomic mass is 19.1. The van der Waals surface area contributed by atoms with Crippen molar-refractivity contribution in [3.63, 3.8) is 0 Å². The van der Waals surface area contributed by atoms with Gasteiger partial charge < -0.3 is 15.7 Å². The fourth-order valence-electron chi connectivity index (χ4n) is 1.42. The second-order valence-corrected chi connectivity index (χ2v) is 3.91. The molecule has 1 rings (SSSR count). The highest BCUT2D eigenvalue weighted by Gasteiger charge is 2.18. The third-order valence-corrected chi connectivity index (χ3v) is 2.28. The number of benzene rings is 1. The number of carboxylic acid groups (broad SMARTS) is 1. The molecular weight excluding hydrogens is 255 g/mol. The van der Waals surface area contributed by atoms with E-state index in [1.54, 1.807) is 0 Å². The van der Waals surface area contributed by atoms with E-state index in [-0.39, 0.29) is 11.3 Å². The second-order valence-electron chi connectivity index (χ2n) is 3.91. The zero-order valence-electron chi connectivity index (χ0n) is 10.4. The first-order chi connectivity index (χ1) is 8.81. The van der Waals surface area contributed by atoms with E-state index in [1.807, 2.05) is 0 Å². The van der Waals surface area contributed by atoms with E-state index >= 15 is 0 Å². The molecule has 1 unspecified atom stereocenters. The van der Waals surface area contributed by atoms with E-state index in [0.29, 0.717) is 0 Å². The van der Waals surface area contributed by atoms with Crippen LogP contribution in [0.2, 0.25) is 0 Å². The monoisotopic (exact) mass is 268 g/mol. The number of carbonyl (C=O) groups excluding carboxylic acids is 2. The van der Waals surface area contributed by atoms with Crippen molar-refractivity contribution in [3.8, 4) is 0 Å². The lowest BCUT2D eigenvalue weighted by atomic mass is 10.1. The number of hydrogen-bond donors (Lipinski definition) is 3. The standard InChI is InChI=1S/C12H13FN2O4/c1-6(14-7(2)16)11(17)15-10-5-8(13)3-4-9(10)12(18)19/h3-6H,1-2H3,(H,14,16)(H,15,17)(H,18,19). The zero-order chi connectivity index (χ0) is 14.6. The molecule has 0 aliphatic carbocycles. The Morgan fingerprint density at radius 2 is 1.95 bits per heavy atom. The largest absolute Gasteiger partial charge is 0.478 e. The minimum absolute atomic E-state index is 0.158. The number of hydrogen-bond acceptors (Lipinski definition) is 3. The van der Waals surface area contributed by atoms with Crippen LogP contribution in [-0.2, 0) is 9.59 Å². The molecule has 0 aliphatic heterocycles. The van der Waals surface area contributed by atoms with Gasteiger partial charge in [-0.1, -0.05) is 0 Å². The Morgan fingerprint density at radius 1 is 1.32 bits per heavy atom. The number of halogens is 1. The molecule has 0 aliphatic rings. The average molecular weight is 268 g/mol. The van der Waals surface area contributed by atoms with Crippen LogP contribution in [0.1, 0.15) is 24.2 Å². The molecule has 102 valence electrons. The van der Waals surface area contributed by atoms with E-state index < -0.39 is 29.6 Å². The van der Waals surface area contributed by atoms with Crippen molar-refractivity contribution in [2.45, 2.75) is 19.9 Å². The first-order valence-electron chi connectivity index (χ1n) is 5.42. The van der Waals surface area contributed by atoms with Crippen molar-refractivity contribution in [1.82, 2.24) is 5.32 Å². The molecule has 3 N–H and O–H groups in total. The Labute approximate surface area is 108 Å². The predicted molar refractivity (Wildman–Crippen MR) is 65.3 cm³/mol. The van der Waals surface area contributed by atoms with Crippen LogP contribution in [0, 0.1) is 5.82 Å². The van der Waals surface area contributed by atoms with Gasteiger partial charge >= 0.3 is 5.97 Å². The van der Waals surface area contributed by atoms with E-state index in [1.165, 1.54) is 13.8 Å².